The lowest BCUT2D eigenvalue weighted by atomic mass is 9.98. The van der Waals surface area contributed by atoms with Crippen molar-refractivity contribution >= 4 is 43.5 Å². The lowest BCUT2D eigenvalue weighted by Crippen LogP contribution is -2.20. The van der Waals surface area contributed by atoms with Crippen LogP contribution in [-0.2, 0) is 0 Å². The van der Waals surface area contributed by atoms with Gasteiger partial charge in [0, 0.05) is 10.0 Å². The van der Waals surface area contributed by atoms with Crippen molar-refractivity contribution in [1.82, 2.24) is 5.32 Å². The third-order valence-corrected chi connectivity index (χ3v) is 5.11. The Bertz CT molecular complexity index is 637. The van der Waals surface area contributed by atoms with Gasteiger partial charge in [-0.05, 0) is 56.6 Å². The van der Waals surface area contributed by atoms with Gasteiger partial charge in [0.1, 0.15) is 5.82 Å². The van der Waals surface area contributed by atoms with E-state index >= 15 is 0 Å². The van der Waals surface area contributed by atoms with E-state index in [4.69, 9.17) is 11.6 Å². The summed E-state index contributed by atoms with van der Waals surface area (Å²) < 4.78 is 41.5. The summed E-state index contributed by atoms with van der Waals surface area (Å²) in [5, 5.41) is 2.81. The second kappa shape index (κ2) is 6.69. The minimum atomic E-state index is -1.02. The van der Waals surface area contributed by atoms with Crippen LogP contribution >= 0.6 is 43.5 Å². The van der Waals surface area contributed by atoms with E-state index in [1.807, 2.05) is 0 Å². The lowest BCUT2D eigenvalue weighted by molar-refractivity contribution is 0.498. The molecule has 0 saturated heterocycles. The fourth-order valence-electron chi connectivity index (χ4n) is 2.01. The van der Waals surface area contributed by atoms with E-state index in [2.05, 4.69) is 37.2 Å². The number of hydrogen-bond donors (Lipinski definition) is 1. The fraction of sp³-hybridized carbons (Fsp3) is 0.143. The van der Waals surface area contributed by atoms with Crippen molar-refractivity contribution in [3.63, 3.8) is 0 Å². The van der Waals surface area contributed by atoms with E-state index in [1.165, 1.54) is 12.1 Å². The summed E-state index contributed by atoms with van der Waals surface area (Å²) in [5.74, 6) is -2.62. The van der Waals surface area contributed by atoms with Gasteiger partial charge in [-0.25, -0.2) is 13.2 Å². The number of rotatable bonds is 3. The van der Waals surface area contributed by atoms with E-state index in [0.717, 1.165) is 6.07 Å². The first-order valence-corrected chi connectivity index (χ1v) is 7.79. The van der Waals surface area contributed by atoms with Crippen LogP contribution in [0.2, 0.25) is 5.02 Å². The van der Waals surface area contributed by atoms with E-state index < -0.39 is 23.5 Å². The van der Waals surface area contributed by atoms with Gasteiger partial charge in [-0.15, -0.1) is 0 Å². The molecule has 21 heavy (non-hydrogen) atoms. The zero-order valence-corrected chi connectivity index (χ0v) is 14.6. The highest BCUT2D eigenvalue weighted by Gasteiger charge is 2.23. The number of benzene rings is 2. The van der Waals surface area contributed by atoms with E-state index in [1.54, 1.807) is 13.1 Å². The second-order valence-corrected chi connectivity index (χ2v) is 6.28. The summed E-state index contributed by atoms with van der Waals surface area (Å²) in [6, 6.07) is 4.83. The van der Waals surface area contributed by atoms with Gasteiger partial charge in [0.15, 0.2) is 11.6 Å². The van der Waals surface area contributed by atoms with Gasteiger partial charge in [0.25, 0.3) is 0 Å². The van der Waals surface area contributed by atoms with Crippen LogP contribution in [0.1, 0.15) is 17.2 Å². The Hall–Kier alpha value is -0.560. The Kier molecular flexibility index (Phi) is 5.35. The molecule has 0 saturated carbocycles. The monoisotopic (exact) mass is 441 g/mol. The SMILES string of the molecule is CNC(c1ccc(Br)c(Cl)c1F)c1ccc(F)c(F)c1Br. The first-order valence-electron chi connectivity index (χ1n) is 5.82. The Morgan fingerprint density at radius 2 is 1.62 bits per heavy atom. The van der Waals surface area contributed by atoms with Gasteiger partial charge in [-0.2, -0.15) is 0 Å². The van der Waals surface area contributed by atoms with Crippen molar-refractivity contribution < 1.29 is 13.2 Å². The van der Waals surface area contributed by atoms with E-state index in [9.17, 15) is 13.2 Å². The van der Waals surface area contributed by atoms with Gasteiger partial charge in [0.2, 0.25) is 0 Å². The van der Waals surface area contributed by atoms with Crippen molar-refractivity contribution in [3.8, 4) is 0 Å². The number of halogens is 6. The molecular weight excluding hydrogens is 434 g/mol. The first-order chi connectivity index (χ1) is 9.88. The Morgan fingerprint density at radius 3 is 2.24 bits per heavy atom. The summed E-state index contributed by atoms with van der Waals surface area (Å²) in [6.07, 6.45) is 0. The second-order valence-electron chi connectivity index (χ2n) is 4.25. The Labute approximate surface area is 141 Å². The third kappa shape index (κ3) is 3.13. The molecule has 0 aromatic heterocycles. The molecule has 2 aromatic rings. The molecule has 1 atom stereocenters. The Morgan fingerprint density at radius 1 is 1.00 bits per heavy atom. The highest BCUT2D eigenvalue weighted by Crippen LogP contribution is 2.36. The van der Waals surface area contributed by atoms with Gasteiger partial charge in [0.05, 0.1) is 15.5 Å². The molecule has 0 aliphatic carbocycles. The molecule has 112 valence electrons. The topological polar surface area (TPSA) is 12.0 Å². The molecule has 0 heterocycles. The molecule has 0 aliphatic rings. The summed E-state index contributed by atoms with van der Waals surface area (Å²) >= 11 is 12.0. The summed E-state index contributed by atoms with van der Waals surface area (Å²) in [4.78, 5) is 0. The summed E-state index contributed by atoms with van der Waals surface area (Å²) in [7, 11) is 1.59. The molecule has 0 bridgehead atoms. The van der Waals surface area contributed by atoms with Gasteiger partial charge in [-0.1, -0.05) is 23.7 Å². The quantitative estimate of drug-likeness (QED) is 0.610. The molecule has 1 unspecified atom stereocenters. The highest BCUT2D eigenvalue weighted by atomic mass is 79.9. The minimum Gasteiger partial charge on any atom is -0.309 e. The molecule has 2 rings (SSSR count). The van der Waals surface area contributed by atoms with Crippen molar-refractivity contribution in [1.29, 1.82) is 0 Å². The van der Waals surface area contributed by atoms with E-state index in [0.29, 0.717) is 10.0 Å². The van der Waals surface area contributed by atoms with Crippen LogP contribution in [0.15, 0.2) is 33.2 Å². The fourth-order valence-corrected chi connectivity index (χ4v) is 3.03. The molecule has 1 nitrogen and oxygen atoms in total. The summed E-state index contributed by atoms with van der Waals surface area (Å²) in [5.41, 5.74) is 0.603. The zero-order chi connectivity index (χ0) is 15.7. The van der Waals surface area contributed by atoms with Crippen LogP contribution in [0, 0.1) is 17.5 Å². The predicted molar refractivity (Wildman–Crippen MR) is 84.1 cm³/mol. The average Bonchev–Trinajstić information content (AvgIpc) is 2.47. The van der Waals surface area contributed by atoms with Gasteiger partial charge >= 0.3 is 0 Å². The largest absolute Gasteiger partial charge is 0.309 e. The van der Waals surface area contributed by atoms with Crippen molar-refractivity contribution in [2.45, 2.75) is 6.04 Å². The molecule has 7 heteroatoms. The van der Waals surface area contributed by atoms with Crippen LogP contribution in [0.5, 0.6) is 0 Å². The molecule has 0 spiro atoms. The lowest BCUT2D eigenvalue weighted by Gasteiger charge is -2.20. The smallest absolute Gasteiger partial charge is 0.173 e. The normalized spacial score (nSPS) is 12.5. The van der Waals surface area contributed by atoms with Crippen molar-refractivity contribution in [2.75, 3.05) is 7.05 Å². The molecule has 2 aromatic carbocycles. The van der Waals surface area contributed by atoms with Gasteiger partial charge in [-0.3, -0.25) is 0 Å². The molecule has 0 radical (unpaired) electrons. The molecule has 1 N–H and O–H groups in total. The maximum Gasteiger partial charge on any atom is 0.173 e. The van der Waals surface area contributed by atoms with Crippen LogP contribution in [0.25, 0.3) is 0 Å². The maximum absolute atomic E-state index is 14.3. The number of nitrogens with one attached hydrogen (secondary N) is 1. The first kappa shape index (κ1) is 16.8. The maximum atomic E-state index is 14.3. The predicted octanol–water partition coefficient (Wildman–Crippen LogP) is 5.59. The van der Waals surface area contributed by atoms with Gasteiger partial charge < -0.3 is 5.32 Å². The average molecular weight is 443 g/mol. The van der Waals surface area contributed by atoms with Crippen LogP contribution in [0.3, 0.4) is 0 Å². The standard InChI is InChI=1S/C14H9Br2ClF3N/c1-21-14(6-3-5-9(18)13(20)10(6)16)7-2-4-8(15)11(17)12(7)19/h2-5,14,21H,1H3. The minimum absolute atomic E-state index is 0.0553. The number of hydrogen-bond acceptors (Lipinski definition) is 1. The van der Waals surface area contributed by atoms with E-state index in [-0.39, 0.29) is 15.1 Å². The Balaban J connectivity index is 2.61. The van der Waals surface area contributed by atoms with Crippen molar-refractivity contribution in [2.24, 2.45) is 0 Å². The molecule has 0 fully saturated rings. The molecular formula is C14H9Br2ClF3N. The van der Waals surface area contributed by atoms with Crippen LogP contribution in [-0.4, -0.2) is 7.05 Å². The molecule has 0 amide bonds. The van der Waals surface area contributed by atoms with Crippen LogP contribution < -0.4 is 5.32 Å². The molecule has 0 aliphatic heterocycles. The highest BCUT2D eigenvalue weighted by molar-refractivity contribution is 9.10. The van der Waals surface area contributed by atoms with Crippen molar-refractivity contribution in [3.05, 3.63) is 66.8 Å². The summed E-state index contributed by atoms with van der Waals surface area (Å²) in [6.45, 7) is 0. The zero-order valence-electron chi connectivity index (χ0n) is 10.7. The third-order valence-electron chi connectivity index (χ3n) is 3.04. The van der Waals surface area contributed by atoms with Crippen LogP contribution in [0.4, 0.5) is 13.2 Å².